The van der Waals surface area contributed by atoms with Gasteiger partial charge in [0, 0.05) is 38.4 Å². The molecule has 122 valence electrons. The van der Waals surface area contributed by atoms with Crippen LogP contribution in [0.1, 0.15) is 36.0 Å². The summed E-state index contributed by atoms with van der Waals surface area (Å²) in [7, 11) is 0. The average molecular weight is 335 g/mol. The maximum absolute atomic E-state index is 12.5. The van der Waals surface area contributed by atoms with Crippen molar-refractivity contribution in [3.63, 3.8) is 0 Å². The standard InChI is InChI=1S/C16H19ClN4O2/c1-11(2)13-9-14(23-19-13)16(22)21-7-5-20(6-8-21)15-4-3-12(17)10-18-15/h3-4,9-11H,5-8H2,1-2H3. The second-order valence-corrected chi connectivity index (χ2v) is 6.32. The lowest BCUT2D eigenvalue weighted by atomic mass is 10.1. The van der Waals surface area contributed by atoms with Gasteiger partial charge in [0.15, 0.2) is 0 Å². The highest BCUT2D eigenvalue weighted by Crippen LogP contribution is 2.19. The third-order valence-corrected chi connectivity index (χ3v) is 4.16. The highest BCUT2D eigenvalue weighted by molar-refractivity contribution is 6.30. The summed E-state index contributed by atoms with van der Waals surface area (Å²) in [5.41, 5.74) is 0.803. The van der Waals surface area contributed by atoms with Gasteiger partial charge in [-0.1, -0.05) is 30.6 Å². The zero-order valence-corrected chi connectivity index (χ0v) is 14.0. The zero-order chi connectivity index (χ0) is 16.4. The zero-order valence-electron chi connectivity index (χ0n) is 13.2. The molecular weight excluding hydrogens is 316 g/mol. The van der Waals surface area contributed by atoms with Crippen LogP contribution in [0.15, 0.2) is 28.9 Å². The van der Waals surface area contributed by atoms with Crippen molar-refractivity contribution in [1.82, 2.24) is 15.0 Å². The number of pyridine rings is 1. The van der Waals surface area contributed by atoms with Crippen LogP contribution in [0.4, 0.5) is 5.82 Å². The van der Waals surface area contributed by atoms with Gasteiger partial charge >= 0.3 is 0 Å². The van der Waals surface area contributed by atoms with Gasteiger partial charge in [0.1, 0.15) is 5.82 Å². The van der Waals surface area contributed by atoms with Crippen molar-refractivity contribution >= 4 is 23.3 Å². The van der Waals surface area contributed by atoms with E-state index >= 15 is 0 Å². The van der Waals surface area contributed by atoms with Crippen molar-refractivity contribution in [2.75, 3.05) is 31.1 Å². The lowest BCUT2D eigenvalue weighted by Crippen LogP contribution is -2.49. The predicted octanol–water partition coefficient (Wildman–Crippen LogP) is 2.81. The fourth-order valence-corrected chi connectivity index (χ4v) is 2.62. The Bertz CT molecular complexity index is 676. The Morgan fingerprint density at radius 3 is 2.57 bits per heavy atom. The number of halogens is 1. The molecule has 3 rings (SSSR count). The summed E-state index contributed by atoms with van der Waals surface area (Å²) in [6.45, 7) is 6.74. The fourth-order valence-electron chi connectivity index (χ4n) is 2.51. The van der Waals surface area contributed by atoms with Crippen LogP contribution in [0, 0.1) is 0 Å². The fraction of sp³-hybridized carbons (Fsp3) is 0.438. The summed E-state index contributed by atoms with van der Waals surface area (Å²) in [5, 5.41) is 4.57. The average Bonchev–Trinajstić information content (AvgIpc) is 3.05. The Labute approximate surface area is 140 Å². The molecule has 0 aromatic carbocycles. The second-order valence-electron chi connectivity index (χ2n) is 5.88. The van der Waals surface area contributed by atoms with Crippen molar-refractivity contribution in [1.29, 1.82) is 0 Å². The number of carbonyl (C=O) groups is 1. The highest BCUT2D eigenvalue weighted by atomic mass is 35.5. The number of piperazine rings is 1. The molecule has 2 aromatic heterocycles. The Kier molecular flexibility index (Phi) is 4.52. The van der Waals surface area contributed by atoms with E-state index in [1.165, 1.54) is 0 Å². The molecule has 1 fully saturated rings. The number of aromatic nitrogens is 2. The summed E-state index contributed by atoms with van der Waals surface area (Å²) >= 11 is 5.86. The molecule has 6 nitrogen and oxygen atoms in total. The minimum atomic E-state index is -0.104. The Balaban J connectivity index is 1.61. The van der Waals surface area contributed by atoms with E-state index in [1.807, 2.05) is 26.0 Å². The SMILES string of the molecule is CC(C)c1cc(C(=O)N2CCN(c3ccc(Cl)cn3)CC2)on1. The molecule has 0 aliphatic carbocycles. The summed E-state index contributed by atoms with van der Waals surface area (Å²) in [6, 6.07) is 5.45. The molecule has 23 heavy (non-hydrogen) atoms. The topological polar surface area (TPSA) is 62.5 Å². The van der Waals surface area contributed by atoms with Crippen LogP contribution in [0.3, 0.4) is 0 Å². The molecule has 0 radical (unpaired) electrons. The molecular formula is C16H19ClN4O2. The van der Waals surface area contributed by atoms with Crippen molar-refractivity contribution < 1.29 is 9.32 Å². The van der Waals surface area contributed by atoms with Crippen molar-refractivity contribution in [3.05, 3.63) is 40.9 Å². The van der Waals surface area contributed by atoms with Crippen LogP contribution in [0.2, 0.25) is 5.02 Å². The van der Waals surface area contributed by atoms with Gasteiger partial charge in [-0.2, -0.15) is 0 Å². The molecule has 0 saturated carbocycles. The van der Waals surface area contributed by atoms with Gasteiger partial charge < -0.3 is 14.3 Å². The second kappa shape index (κ2) is 6.58. The molecule has 1 aliphatic rings. The number of anilines is 1. The summed E-state index contributed by atoms with van der Waals surface area (Å²) < 4.78 is 5.18. The molecule has 0 unspecified atom stereocenters. The minimum Gasteiger partial charge on any atom is -0.353 e. The molecule has 1 amide bonds. The van der Waals surface area contributed by atoms with Gasteiger partial charge in [-0.15, -0.1) is 0 Å². The van der Waals surface area contributed by atoms with Gasteiger partial charge in [-0.25, -0.2) is 4.98 Å². The monoisotopic (exact) mass is 334 g/mol. The first-order valence-corrected chi connectivity index (χ1v) is 8.05. The Morgan fingerprint density at radius 1 is 1.26 bits per heavy atom. The van der Waals surface area contributed by atoms with Gasteiger partial charge in [-0.3, -0.25) is 4.79 Å². The van der Waals surface area contributed by atoms with Crippen molar-refractivity contribution in [2.24, 2.45) is 0 Å². The van der Waals surface area contributed by atoms with Gasteiger partial charge in [-0.05, 0) is 18.1 Å². The van der Waals surface area contributed by atoms with E-state index in [2.05, 4.69) is 15.0 Å². The Hall–Kier alpha value is -2.08. The number of carbonyl (C=O) groups excluding carboxylic acids is 1. The van der Waals surface area contributed by atoms with Crippen LogP contribution in [0.5, 0.6) is 0 Å². The molecule has 7 heteroatoms. The normalized spacial score (nSPS) is 15.3. The largest absolute Gasteiger partial charge is 0.353 e. The molecule has 0 bridgehead atoms. The first-order chi connectivity index (χ1) is 11.0. The lowest BCUT2D eigenvalue weighted by Gasteiger charge is -2.34. The maximum atomic E-state index is 12.5. The number of hydrogen-bond acceptors (Lipinski definition) is 5. The number of rotatable bonds is 3. The molecule has 2 aromatic rings. The van der Waals surface area contributed by atoms with Crippen LogP contribution in [-0.2, 0) is 0 Å². The first-order valence-electron chi connectivity index (χ1n) is 7.67. The molecule has 3 heterocycles. The van der Waals surface area contributed by atoms with Crippen molar-refractivity contribution in [3.8, 4) is 0 Å². The van der Waals surface area contributed by atoms with E-state index in [-0.39, 0.29) is 11.8 Å². The molecule has 0 atom stereocenters. The van der Waals surface area contributed by atoms with Gasteiger partial charge in [0.25, 0.3) is 5.91 Å². The minimum absolute atomic E-state index is 0.104. The smallest absolute Gasteiger partial charge is 0.292 e. The molecule has 1 saturated heterocycles. The predicted molar refractivity (Wildman–Crippen MR) is 88.0 cm³/mol. The van der Waals surface area contributed by atoms with Gasteiger partial charge in [0.2, 0.25) is 5.76 Å². The van der Waals surface area contributed by atoms with E-state index in [0.717, 1.165) is 24.6 Å². The van der Waals surface area contributed by atoms with E-state index < -0.39 is 0 Å². The summed E-state index contributed by atoms with van der Waals surface area (Å²) in [6.07, 6.45) is 1.64. The highest BCUT2D eigenvalue weighted by Gasteiger charge is 2.25. The number of amides is 1. The van der Waals surface area contributed by atoms with E-state index in [1.54, 1.807) is 17.2 Å². The maximum Gasteiger partial charge on any atom is 0.292 e. The van der Waals surface area contributed by atoms with E-state index in [9.17, 15) is 4.79 Å². The van der Waals surface area contributed by atoms with Crippen LogP contribution in [0.25, 0.3) is 0 Å². The van der Waals surface area contributed by atoms with Crippen molar-refractivity contribution in [2.45, 2.75) is 19.8 Å². The summed E-state index contributed by atoms with van der Waals surface area (Å²) in [5.74, 6) is 1.33. The first kappa shape index (κ1) is 15.8. The van der Waals surface area contributed by atoms with Gasteiger partial charge in [0.05, 0.1) is 10.7 Å². The van der Waals surface area contributed by atoms with E-state index in [4.69, 9.17) is 16.1 Å². The molecule has 0 N–H and O–H groups in total. The quantitative estimate of drug-likeness (QED) is 0.863. The van der Waals surface area contributed by atoms with E-state index in [0.29, 0.717) is 23.9 Å². The van der Waals surface area contributed by atoms with Crippen LogP contribution >= 0.6 is 11.6 Å². The lowest BCUT2D eigenvalue weighted by molar-refractivity contribution is 0.0704. The number of nitrogens with zero attached hydrogens (tertiary/aromatic N) is 4. The third-order valence-electron chi connectivity index (χ3n) is 3.93. The summed E-state index contributed by atoms with van der Waals surface area (Å²) in [4.78, 5) is 20.7. The Morgan fingerprint density at radius 2 is 2.00 bits per heavy atom. The molecule has 0 spiro atoms. The van der Waals surface area contributed by atoms with Crippen LogP contribution < -0.4 is 4.90 Å². The number of hydrogen-bond donors (Lipinski definition) is 0. The molecule has 1 aliphatic heterocycles. The van der Waals surface area contributed by atoms with Crippen LogP contribution in [-0.4, -0.2) is 47.1 Å². The third kappa shape index (κ3) is 3.47.